The van der Waals surface area contributed by atoms with Crippen molar-refractivity contribution in [1.29, 1.82) is 0 Å². The molecule has 1 aliphatic heterocycles. The summed E-state index contributed by atoms with van der Waals surface area (Å²) in [7, 11) is 0. The average molecular weight is 836 g/mol. The molecular formula is C51H103N4O4+. The van der Waals surface area contributed by atoms with E-state index in [0.29, 0.717) is 12.8 Å². The van der Waals surface area contributed by atoms with Gasteiger partial charge in [-0.1, -0.05) is 175 Å². The lowest BCUT2D eigenvalue weighted by Gasteiger charge is -2.30. The first-order chi connectivity index (χ1) is 29.0. The van der Waals surface area contributed by atoms with Crippen LogP contribution < -0.4 is 0 Å². The molecule has 1 aliphatic rings. The summed E-state index contributed by atoms with van der Waals surface area (Å²) >= 11 is 0. The van der Waals surface area contributed by atoms with Crippen molar-refractivity contribution in [3.8, 4) is 0 Å². The van der Waals surface area contributed by atoms with Crippen LogP contribution in [0.5, 0.6) is 0 Å². The standard InChI is InChI=1S/C51H102N4O4/c1-5-9-13-34-44-54(45-35-14-10-6-2)58-50(56)38-28-23-19-17-21-25-30-40-52(48-49-53-42-32-27-33-43-53)41-31-26-22-18-20-24-29-39-51(57)59-55(46-36-15-11-7-3)47-37-16-12-8-4/h5-49H2,1-4H3/p+1. The second-order valence-corrected chi connectivity index (χ2v) is 18.2. The zero-order valence-corrected chi connectivity index (χ0v) is 40.3. The number of hydrogen-bond donors (Lipinski definition) is 0. The number of hydroxylamine groups is 4. The van der Waals surface area contributed by atoms with Crippen molar-refractivity contribution in [2.75, 3.05) is 65.4 Å². The lowest BCUT2D eigenvalue weighted by atomic mass is 10.1. The molecule has 8 heteroatoms. The predicted octanol–water partition coefficient (Wildman–Crippen LogP) is 13.8. The number of unbranched alkanes of at least 4 members (excludes halogenated alkanes) is 24. The lowest BCUT2D eigenvalue weighted by molar-refractivity contribution is -0.191. The minimum atomic E-state index is -0.0275. The first kappa shape index (κ1) is 55.8. The molecule has 0 radical (unpaired) electrons. The molecule has 0 unspecified atom stereocenters. The van der Waals surface area contributed by atoms with Crippen LogP contribution in [0.3, 0.4) is 0 Å². The van der Waals surface area contributed by atoms with Crippen molar-refractivity contribution in [3.05, 3.63) is 0 Å². The Bertz CT molecular complexity index is 817. The monoisotopic (exact) mass is 836 g/mol. The Morgan fingerprint density at radius 2 is 0.780 bits per heavy atom. The highest BCUT2D eigenvalue weighted by molar-refractivity contribution is 5.70. The Labute approximate surface area is 367 Å². The van der Waals surface area contributed by atoms with Crippen LogP contribution in [0.4, 0.5) is 0 Å². The van der Waals surface area contributed by atoms with Gasteiger partial charge >= 0.3 is 11.9 Å². The summed E-state index contributed by atoms with van der Waals surface area (Å²) < 4.78 is 0. The Morgan fingerprint density at radius 1 is 0.424 bits per heavy atom. The van der Waals surface area contributed by atoms with E-state index in [1.807, 2.05) is 10.1 Å². The smallest absolute Gasteiger partial charge is 0.368 e. The van der Waals surface area contributed by atoms with E-state index in [1.54, 1.807) is 0 Å². The normalized spacial score (nSPS) is 13.6. The third-order valence-electron chi connectivity index (χ3n) is 12.4. The molecule has 1 saturated heterocycles. The maximum absolute atomic E-state index is 12.6. The Kier molecular flexibility index (Phi) is 41.1. The molecule has 0 spiro atoms. The van der Waals surface area contributed by atoms with E-state index in [0.717, 1.165) is 71.1 Å². The van der Waals surface area contributed by atoms with Crippen molar-refractivity contribution in [3.63, 3.8) is 0 Å². The summed E-state index contributed by atoms with van der Waals surface area (Å²) in [4.78, 5) is 40.4. The van der Waals surface area contributed by atoms with Crippen LogP contribution in [0.1, 0.15) is 252 Å². The van der Waals surface area contributed by atoms with Gasteiger partial charge in [-0.05, 0) is 95.5 Å². The van der Waals surface area contributed by atoms with Gasteiger partial charge < -0.3 is 19.4 Å². The van der Waals surface area contributed by atoms with E-state index in [4.69, 9.17) is 9.68 Å². The van der Waals surface area contributed by atoms with Crippen molar-refractivity contribution < 1.29 is 19.3 Å². The minimum absolute atomic E-state index is 0.0275. The van der Waals surface area contributed by atoms with Gasteiger partial charge in [0.25, 0.3) is 0 Å². The van der Waals surface area contributed by atoms with Gasteiger partial charge in [-0.2, -0.15) is 0 Å². The van der Waals surface area contributed by atoms with Crippen molar-refractivity contribution in [2.45, 2.75) is 252 Å². The number of carbonyl (C=O) groups excluding carboxylic acids is 2. The summed E-state index contributed by atoms with van der Waals surface area (Å²) in [6.45, 7) is 20.1. The molecule has 0 aromatic heterocycles. The minimum Gasteiger partial charge on any atom is -0.368 e. The van der Waals surface area contributed by atoms with E-state index in [2.05, 4.69) is 37.5 Å². The molecule has 1 rings (SSSR count). The van der Waals surface area contributed by atoms with Gasteiger partial charge in [0.05, 0.1) is 13.1 Å². The highest BCUT2D eigenvalue weighted by Crippen LogP contribution is 2.15. The van der Waals surface area contributed by atoms with Crippen LogP contribution in [-0.2, 0) is 14.5 Å². The van der Waals surface area contributed by atoms with Gasteiger partial charge in [0.15, 0.2) is 0 Å². The zero-order chi connectivity index (χ0) is 42.7. The molecule has 0 saturated carbocycles. The average Bonchev–Trinajstić information content (AvgIpc) is 3.24. The van der Waals surface area contributed by atoms with Gasteiger partial charge in [0, 0.05) is 32.6 Å². The topological polar surface area (TPSA) is 69.9 Å². The molecule has 0 aliphatic carbocycles. The van der Waals surface area contributed by atoms with E-state index in [9.17, 15) is 9.59 Å². The second-order valence-electron chi connectivity index (χ2n) is 18.2. The summed E-state index contributed by atoms with van der Waals surface area (Å²) in [5.41, 5.74) is 0. The van der Waals surface area contributed by atoms with E-state index >= 15 is 0 Å². The van der Waals surface area contributed by atoms with Gasteiger partial charge in [-0.25, -0.2) is 4.84 Å². The van der Waals surface area contributed by atoms with E-state index in [-0.39, 0.29) is 11.9 Å². The van der Waals surface area contributed by atoms with Crippen molar-refractivity contribution >= 4 is 11.9 Å². The summed E-state index contributed by atoms with van der Waals surface area (Å²) in [6, 6.07) is 0. The summed E-state index contributed by atoms with van der Waals surface area (Å²) in [5, 5.41) is 4.00. The van der Waals surface area contributed by atoms with Crippen LogP contribution in [0, 0.1) is 0 Å². The second kappa shape index (κ2) is 43.4. The molecule has 350 valence electrons. The molecule has 1 fully saturated rings. The van der Waals surface area contributed by atoms with E-state index < -0.39 is 0 Å². The molecular weight excluding hydrogens is 733 g/mol. The fourth-order valence-corrected chi connectivity index (χ4v) is 8.44. The highest BCUT2D eigenvalue weighted by atomic mass is 16.7. The molecule has 0 atom stereocenters. The van der Waals surface area contributed by atoms with Gasteiger partial charge in [-0.15, -0.1) is 5.06 Å². The number of rotatable bonds is 45. The molecule has 8 nitrogen and oxygen atoms in total. The molecule has 1 heterocycles. The Hall–Kier alpha value is -1.22. The third kappa shape index (κ3) is 37.1. The lowest BCUT2D eigenvalue weighted by Crippen LogP contribution is -2.38. The Morgan fingerprint density at radius 3 is 1.22 bits per heavy atom. The molecule has 0 aromatic carbocycles. The van der Waals surface area contributed by atoms with Crippen LogP contribution in [0.2, 0.25) is 0 Å². The number of hydrogen-bond acceptors (Lipinski definition) is 7. The maximum atomic E-state index is 12.6. The summed E-state index contributed by atoms with van der Waals surface area (Å²) in [6.07, 6.45) is 42.1. The zero-order valence-electron chi connectivity index (χ0n) is 40.3. The highest BCUT2D eigenvalue weighted by Gasteiger charge is 2.20. The quantitative estimate of drug-likeness (QED) is 0.0344. The van der Waals surface area contributed by atoms with Crippen LogP contribution >= 0.6 is 0 Å². The third-order valence-corrected chi connectivity index (χ3v) is 12.4. The molecule has 0 amide bonds. The molecule has 1 N–H and O–H groups in total. The van der Waals surface area contributed by atoms with Gasteiger partial charge in [0.1, 0.15) is 6.42 Å². The first-order valence-electron chi connectivity index (χ1n) is 26.4. The summed E-state index contributed by atoms with van der Waals surface area (Å²) in [5.74, 6) is 0.193. The SMILES string of the molecule is CCCCCCN(CCCCCC)OC(=O)CCCCCCCCCN(CCCCCCCCCC(=[OH+])ON(CCCCCC)CCCCCC)CCN1CCCCC1. The number of carbonyl (C=O) groups is 1. The van der Waals surface area contributed by atoms with Crippen LogP contribution in [0.15, 0.2) is 0 Å². The fraction of sp³-hybridized carbons (Fsp3) is 0.961. The largest absolute Gasteiger partial charge is 0.507 e. The molecule has 0 bridgehead atoms. The molecule has 59 heavy (non-hydrogen) atoms. The fourth-order valence-electron chi connectivity index (χ4n) is 8.44. The number of likely N-dealkylation sites (tertiary alicyclic amines) is 1. The van der Waals surface area contributed by atoms with Crippen LogP contribution in [-0.4, -0.2) is 102 Å². The van der Waals surface area contributed by atoms with Crippen molar-refractivity contribution in [1.82, 2.24) is 19.9 Å². The van der Waals surface area contributed by atoms with Crippen LogP contribution in [0.25, 0.3) is 0 Å². The maximum Gasteiger partial charge on any atom is 0.507 e. The van der Waals surface area contributed by atoms with Gasteiger partial charge in [0.2, 0.25) is 0 Å². The van der Waals surface area contributed by atoms with Crippen molar-refractivity contribution in [2.24, 2.45) is 0 Å². The Balaban J connectivity index is 2.23. The predicted molar refractivity (Wildman–Crippen MR) is 254 cm³/mol. The van der Waals surface area contributed by atoms with E-state index in [1.165, 1.54) is 206 Å². The van der Waals surface area contributed by atoms with Gasteiger partial charge in [-0.3, -0.25) is 4.79 Å². The first-order valence-corrected chi connectivity index (χ1v) is 26.4. The number of nitrogens with zero attached hydrogens (tertiary/aromatic N) is 4. The number of piperidine rings is 1. The molecule has 0 aromatic rings.